The minimum Gasteiger partial charge on any atom is -0.499 e. The molecule has 0 radical (unpaired) electrons. The predicted octanol–water partition coefficient (Wildman–Crippen LogP) is 5.57. The average molecular weight is 371 g/mol. The van der Waals surface area contributed by atoms with Crippen LogP contribution in [-0.4, -0.2) is 32.1 Å². The van der Waals surface area contributed by atoms with Gasteiger partial charge in [0.2, 0.25) is 0 Å². The van der Waals surface area contributed by atoms with E-state index in [9.17, 15) is 0 Å². The Bertz CT molecular complexity index is 406. The van der Waals surface area contributed by atoms with Gasteiger partial charge in [0.05, 0.1) is 18.8 Å². The molecule has 0 heterocycles. The molecule has 3 atom stereocenters. The monoisotopic (exact) mass is 370 g/mol. The Balaban J connectivity index is 5.83. The van der Waals surface area contributed by atoms with Crippen LogP contribution in [0.1, 0.15) is 69.2 Å². The molecular weight excluding hydrogens is 332 g/mol. The Kier molecular flexibility index (Phi) is 10.9. The van der Waals surface area contributed by atoms with E-state index in [0.29, 0.717) is 6.61 Å². The maximum Gasteiger partial charge on any atom is 0.316 e. The van der Waals surface area contributed by atoms with Crippen molar-refractivity contribution in [1.82, 2.24) is 0 Å². The molecular formula is C20H38O4Si. The van der Waals surface area contributed by atoms with Crippen molar-refractivity contribution >= 4 is 8.32 Å². The number of rotatable bonds is 11. The fourth-order valence-corrected chi connectivity index (χ4v) is 6.66. The van der Waals surface area contributed by atoms with Crippen LogP contribution in [0.5, 0.6) is 0 Å². The fourth-order valence-electron chi connectivity index (χ4n) is 2.63. The summed E-state index contributed by atoms with van der Waals surface area (Å²) in [5.41, 5.74) is 2.97. The molecule has 25 heavy (non-hydrogen) atoms. The minimum atomic E-state index is -2.61. The van der Waals surface area contributed by atoms with Crippen molar-refractivity contribution in [1.29, 1.82) is 0 Å². The smallest absolute Gasteiger partial charge is 0.316 e. The molecule has 5 heteroatoms. The van der Waals surface area contributed by atoms with E-state index in [1.54, 1.807) is 18.8 Å². The number of hydrogen-bond donors (Lipinski definition) is 0. The van der Waals surface area contributed by atoms with Gasteiger partial charge in [-0.15, -0.1) is 0 Å². The van der Waals surface area contributed by atoms with Crippen molar-refractivity contribution in [2.75, 3.05) is 6.61 Å². The first-order valence-electron chi connectivity index (χ1n) is 9.08. The molecule has 0 aliphatic heterocycles. The Labute approximate surface area is 156 Å². The molecule has 3 unspecified atom stereocenters. The van der Waals surface area contributed by atoms with E-state index < -0.39 is 8.32 Å². The first-order valence-corrected chi connectivity index (χ1v) is 11.2. The zero-order valence-electron chi connectivity index (χ0n) is 17.8. The summed E-state index contributed by atoms with van der Waals surface area (Å²) >= 11 is 0. The summed E-state index contributed by atoms with van der Waals surface area (Å²) < 4.78 is 24.5. The first-order chi connectivity index (χ1) is 11.6. The second-order valence-electron chi connectivity index (χ2n) is 7.21. The molecule has 0 spiro atoms. The van der Waals surface area contributed by atoms with E-state index in [-0.39, 0.29) is 17.2 Å². The van der Waals surface area contributed by atoms with Gasteiger partial charge in [0.1, 0.15) is 17.2 Å². The van der Waals surface area contributed by atoms with Gasteiger partial charge in [0.15, 0.2) is 0 Å². The van der Waals surface area contributed by atoms with Crippen LogP contribution in [0.2, 0.25) is 0 Å². The lowest BCUT2D eigenvalue weighted by Crippen LogP contribution is -2.66. The van der Waals surface area contributed by atoms with E-state index in [2.05, 4.69) is 20.8 Å². The van der Waals surface area contributed by atoms with Crippen molar-refractivity contribution < 1.29 is 18.6 Å². The molecule has 0 aromatic carbocycles. The summed E-state index contributed by atoms with van der Waals surface area (Å²) in [4.78, 5) is 0. The van der Waals surface area contributed by atoms with Gasteiger partial charge in [-0.05, 0) is 86.0 Å². The second kappa shape index (κ2) is 11.4. The molecule has 0 saturated carbocycles. The molecule has 0 bridgehead atoms. The molecule has 0 aliphatic rings. The quantitative estimate of drug-likeness (QED) is 0.352. The zero-order valence-corrected chi connectivity index (χ0v) is 18.8. The van der Waals surface area contributed by atoms with Gasteiger partial charge in [0.25, 0.3) is 0 Å². The van der Waals surface area contributed by atoms with Crippen LogP contribution in [0, 0.1) is 0 Å². The highest BCUT2D eigenvalue weighted by molar-refractivity contribution is 6.77. The lowest BCUT2D eigenvalue weighted by atomic mass is 10.4. The third kappa shape index (κ3) is 7.69. The molecule has 0 amide bonds. The lowest BCUT2D eigenvalue weighted by Gasteiger charge is -2.42. The average Bonchev–Trinajstić information content (AvgIpc) is 2.52. The van der Waals surface area contributed by atoms with Crippen LogP contribution in [0.3, 0.4) is 0 Å². The number of ether oxygens (including phenoxy) is 3. The Morgan fingerprint density at radius 1 is 0.680 bits per heavy atom. The highest BCUT2D eigenvalue weighted by Gasteiger charge is 2.55. The molecule has 0 N–H and O–H groups in total. The third-order valence-electron chi connectivity index (χ3n) is 3.82. The molecule has 0 aliphatic carbocycles. The standard InChI is InChI=1S/C20H38O4Si/c1-11-24-25(18(8)21-12-15(2)3,19(9)22-13-16(4)5)20(10)23-14-17(6)7/h12-14,18-20H,11H2,1-10H3. The summed E-state index contributed by atoms with van der Waals surface area (Å²) in [6.45, 7) is 20.9. The Morgan fingerprint density at radius 2 is 0.960 bits per heavy atom. The maximum absolute atomic E-state index is 6.39. The third-order valence-corrected chi connectivity index (χ3v) is 8.83. The fraction of sp³-hybridized carbons (Fsp3) is 0.700. The van der Waals surface area contributed by atoms with E-state index in [1.165, 1.54) is 0 Å². The maximum atomic E-state index is 6.39. The molecule has 0 aromatic heterocycles. The highest BCUT2D eigenvalue weighted by atomic mass is 28.4. The molecule has 0 aromatic rings. The summed E-state index contributed by atoms with van der Waals surface area (Å²) in [5.74, 6) is 0. The van der Waals surface area contributed by atoms with Gasteiger partial charge in [-0.2, -0.15) is 0 Å². The Morgan fingerprint density at radius 3 is 1.16 bits per heavy atom. The van der Waals surface area contributed by atoms with Crippen LogP contribution >= 0.6 is 0 Å². The van der Waals surface area contributed by atoms with Crippen molar-refractivity contribution in [2.45, 2.75) is 86.4 Å². The Hall–Kier alpha value is -1.20. The summed E-state index contributed by atoms with van der Waals surface area (Å²) in [7, 11) is -2.61. The molecule has 146 valence electrons. The van der Waals surface area contributed by atoms with Gasteiger partial charge in [-0.1, -0.05) is 0 Å². The van der Waals surface area contributed by atoms with Gasteiger partial charge in [0, 0.05) is 6.61 Å². The van der Waals surface area contributed by atoms with E-state index in [0.717, 1.165) is 16.7 Å². The van der Waals surface area contributed by atoms with E-state index in [1.807, 2.05) is 48.5 Å². The van der Waals surface area contributed by atoms with E-state index in [4.69, 9.17) is 18.6 Å². The van der Waals surface area contributed by atoms with E-state index >= 15 is 0 Å². The number of hydrogen-bond acceptors (Lipinski definition) is 4. The van der Waals surface area contributed by atoms with Gasteiger partial charge >= 0.3 is 8.32 Å². The minimum absolute atomic E-state index is 0.122. The SMILES string of the molecule is CCO[Si](C(C)OC=C(C)C)(C(C)OC=C(C)C)C(C)OC=C(C)C. The molecule has 0 fully saturated rings. The van der Waals surface area contributed by atoms with Crippen molar-refractivity contribution in [3.63, 3.8) is 0 Å². The predicted molar refractivity (Wildman–Crippen MR) is 107 cm³/mol. The molecule has 0 rings (SSSR count). The molecule has 0 saturated heterocycles. The van der Waals surface area contributed by atoms with Crippen LogP contribution < -0.4 is 0 Å². The largest absolute Gasteiger partial charge is 0.499 e. The molecule has 4 nitrogen and oxygen atoms in total. The summed E-state index contributed by atoms with van der Waals surface area (Å²) in [6.07, 6.45) is 5.39. The lowest BCUT2D eigenvalue weighted by molar-refractivity contribution is 0.0882. The first kappa shape index (κ1) is 23.8. The van der Waals surface area contributed by atoms with Gasteiger partial charge in [-0.25, -0.2) is 0 Å². The van der Waals surface area contributed by atoms with Crippen LogP contribution in [-0.2, 0) is 18.6 Å². The van der Waals surface area contributed by atoms with Gasteiger partial charge in [-0.3, -0.25) is 0 Å². The van der Waals surface area contributed by atoms with Crippen LogP contribution in [0.15, 0.2) is 35.5 Å². The topological polar surface area (TPSA) is 36.9 Å². The summed E-state index contributed by atoms with van der Waals surface area (Å²) in [5, 5.41) is 0. The van der Waals surface area contributed by atoms with Crippen molar-refractivity contribution in [3.8, 4) is 0 Å². The summed E-state index contributed by atoms with van der Waals surface area (Å²) in [6, 6.07) is 0. The van der Waals surface area contributed by atoms with Crippen molar-refractivity contribution in [3.05, 3.63) is 35.5 Å². The zero-order chi connectivity index (χ0) is 19.6. The number of allylic oxidation sites excluding steroid dienone is 3. The van der Waals surface area contributed by atoms with Crippen molar-refractivity contribution in [2.24, 2.45) is 0 Å². The highest BCUT2D eigenvalue weighted by Crippen LogP contribution is 2.28. The van der Waals surface area contributed by atoms with Crippen LogP contribution in [0.25, 0.3) is 0 Å². The second-order valence-corrected chi connectivity index (χ2v) is 11.6. The van der Waals surface area contributed by atoms with Crippen LogP contribution in [0.4, 0.5) is 0 Å². The van der Waals surface area contributed by atoms with Gasteiger partial charge < -0.3 is 18.6 Å². The normalized spacial score (nSPS) is 16.6.